The number of fused-ring (bicyclic) bond motifs is 2. The molecular formula is C29H34N4O4S4. The van der Waals surface area contributed by atoms with Gasteiger partial charge in [0.15, 0.2) is 14.0 Å². The summed E-state index contributed by atoms with van der Waals surface area (Å²) in [6.45, 7) is 8.30. The van der Waals surface area contributed by atoms with Gasteiger partial charge in [-0.3, -0.25) is 0 Å². The molecule has 3 heterocycles. The fourth-order valence-electron chi connectivity index (χ4n) is 4.84. The average Bonchev–Trinajstić information content (AvgIpc) is 3.81. The van der Waals surface area contributed by atoms with E-state index in [1.165, 1.54) is 76.3 Å². The summed E-state index contributed by atoms with van der Waals surface area (Å²) in [4.78, 5) is 30.9. The quantitative estimate of drug-likeness (QED) is 0.164. The Morgan fingerprint density at radius 2 is 1.66 bits per heavy atom. The second kappa shape index (κ2) is 14.9. The maximum absolute atomic E-state index is 11.8. The van der Waals surface area contributed by atoms with Crippen molar-refractivity contribution in [2.75, 3.05) is 13.2 Å². The normalized spacial score (nSPS) is 12.9. The molecule has 0 atom stereocenters. The lowest BCUT2D eigenvalue weighted by Gasteiger charge is -2.14. The van der Waals surface area contributed by atoms with Gasteiger partial charge >= 0.3 is 11.9 Å². The third-order valence-electron chi connectivity index (χ3n) is 6.42. The van der Waals surface area contributed by atoms with Crippen molar-refractivity contribution >= 4 is 58.6 Å². The minimum absolute atomic E-state index is 0.347. The lowest BCUT2D eigenvalue weighted by Crippen LogP contribution is -2.05. The Morgan fingerprint density at radius 3 is 2.27 bits per heavy atom. The molecule has 0 radical (unpaired) electrons. The van der Waals surface area contributed by atoms with Crippen LogP contribution in [0, 0.1) is 3.95 Å². The number of hydrogen-bond acceptors (Lipinski definition) is 10. The highest BCUT2D eigenvalue weighted by Gasteiger charge is 2.25. The van der Waals surface area contributed by atoms with E-state index in [4.69, 9.17) is 26.8 Å². The van der Waals surface area contributed by atoms with E-state index >= 15 is 0 Å². The van der Waals surface area contributed by atoms with E-state index in [9.17, 15) is 9.59 Å². The second-order valence-corrected chi connectivity index (χ2v) is 12.7. The van der Waals surface area contributed by atoms with Crippen molar-refractivity contribution in [1.29, 1.82) is 0 Å². The number of aromatic nitrogens is 4. The fraction of sp³-hybridized carbons (Fsp3) is 0.414. The molecule has 2 aliphatic rings. The lowest BCUT2D eigenvalue weighted by atomic mass is 9.99. The van der Waals surface area contributed by atoms with Gasteiger partial charge in [0.1, 0.15) is 5.69 Å². The van der Waals surface area contributed by atoms with Crippen LogP contribution < -0.4 is 0 Å². The SMILES string of the molecule is CC.CCOC(=O)c1csc(=S)[nH]1.CCOC(=O)c1csc(Sc2cnn(-c3c4c(cc5c3CCC5)CCC4)c2)n1. The Balaban J connectivity index is 0.000000251. The summed E-state index contributed by atoms with van der Waals surface area (Å²) in [5.74, 6) is -0.712. The lowest BCUT2D eigenvalue weighted by molar-refractivity contribution is 0.0510. The average molecular weight is 631 g/mol. The highest BCUT2D eigenvalue weighted by Crippen LogP contribution is 2.38. The first-order chi connectivity index (χ1) is 20.0. The number of thiazole rings is 2. The van der Waals surface area contributed by atoms with Gasteiger partial charge in [-0.05, 0) is 86.8 Å². The maximum atomic E-state index is 11.8. The van der Waals surface area contributed by atoms with Gasteiger partial charge in [-0.2, -0.15) is 5.10 Å². The number of ether oxygens (including phenoxy) is 2. The number of aryl methyl sites for hydroxylation is 2. The zero-order chi connectivity index (χ0) is 29.4. The molecule has 0 amide bonds. The number of nitrogens with one attached hydrogen (secondary N) is 1. The third-order valence-corrected chi connectivity index (χ3v) is 9.36. The fourth-order valence-corrected chi connectivity index (χ4v) is 7.38. The minimum Gasteiger partial charge on any atom is -0.461 e. The predicted octanol–water partition coefficient (Wildman–Crippen LogP) is 7.64. The maximum Gasteiger partial charge on any atom is 0.357 e. The number of benzene rings is 1. The zero-order valence-corrected chi connectivity index (χ0v) is 26.9. The molecule has 1 N–H and O–H groups in total. The first-order valence-electron chi connectivity index (χ1n) is 13.8. The molecule has 0 saturated heterocycles. The summed E-state index contributed by atoms with van der Waals surface area (Å²) < 4.78 is 13.2. The van der Waals surface area contributed by atoms with Gasteiger partial charge in [-0.25, -0.2) is 19.3 Å². The molecule has 0 unspecified atom stereocenters. The van der Waals surface area contributed by atoms with Crippen molar-refractivity contribution in [1.82, 2.24) is 19.7 Å². The molecule has 0 bridgehead atoms. The predicted molar refractivity (Wildman–Crippen MR) is 167 cm³/mol. The highest BCUT2D eigenvalue weighted by molar-refractivity contribution is 8.01. The number of hydrogen-bond donors (Lipinski definition) is 1. The Labute approximate surface area is 257 Å². The summed E-state index contributed by atoms with van der Waals surface area (Å²) in [6, 6.07) is 2.44. The minimum atomic E-state index is -0.364. The van der Waals surface area contributed by atoms with E-state index in [-0.39, 0.29) is 11.9 Å². The summed E-state index contributed by atoms with van der Waals surface area (Å²) in [5.41, 5.74) is 8.12. The Bertz CT molecular complexity index is 1520. The van der Waals surface area contributed by atoms with E-state index in [0.29, 0.717) is 28.6 Å². The summed E-state index contributed by atoms with van der Waals surface area (Å²) in [7, 11) is 0. The van der Waals surface area contributed by atoms with Gasteiger partial charge < -0.3 is 14.5 Å². The van der Waals surface area contributed by atoms with Crippen LogP contribution in [0.1, 0.15) is 83.8 Å². The van der Waals surface area contributed by atoms with Crippen LogP contribution in [0.5, 0.6) is 0 Å². The van der Waals surface area contributed by atoms with E-state index in [2.05, 4.69) is 26.9 Å². The molecule has 2 aliphatic carbocycles. The van der Waals surface area contributed by atoms with Crippen LogP contribution in [0.4, 0.5) is 0 Å². The van der Waals surface area contributed by atoms with E-state index in [1.807, 2.05) is 20.0 Å². The Kier molecular flexibility index (Phi) is 11.3. The molecule has 6 rings (SSSR count). The number of aromatic amines is 1. The Hall–Kier alpha value is -2.80. The van der Waals surface area contributed by atoms with Crippen molar-refractivity contribution in [3.05, 3.63) is 66.8 Å². The molecule has 1 aromatic carbocycles. The molecule has 218 valence electrons. The third kappa shape index (κ3) is 7.54. The van der Waals surface area contributed by atoms with Crippen LogP contribution in [0.2, 0.25) is 0 Å². The van der Waals surface area contributed by atoms with Crippen molar-refractivity contribution in [3.63, 3.8) is 0 Å². The van der Waals surface area contributed by atoms with Gasteiger partial charge in [-0.15, -0.1) is 22.7 Å². The first-order valence-corrected chi connectivity index (χ1v) is 16.8. The van der Waals surface area contributed by atoms with E-state index < -0.39 is 0 Å². The number of carbonyl (C=O) groups is 2. The van der Waals surface area contributed by atoms with Crippen LogP contribution in [-0.2, 0) is 35.2 Å². The molecule has 41 heavy (non-hydrogen) atoms. The molecule has 12 heteroatoms. The van der Waals surface area contributed by atoms with Crippen LogP contribution in [0.25, 0.3) is 5.69 Å². The van der Waals surface area contributed by atoms with Crippen LogP contribution in [0.15, 0.2) is 38.5 Å². The van der Waals surface area contributed by atoms with Crippen molar-refractivity contribution < 1.29 is 19.1 Å². The Morgan fingerprint density at radius 1 is 1.00 bits per heavy atom. The smallest absolute Gasteiger partial charge is 0.357 e. The van der Waals surface area contributed by atoms with Crippen molar-refractivity contribution in [2.45, 2.75) is 75.5 Å². The number of esters is 2. The van der Waals surface area contributed by atoms with E-state index in [0.717, 1.165) is 22.1 Å². The van der Waals surface area contributed by atoms with Crippen molar-refractivity contribution in [2.24, 2.45) is 0 Å². The summed E-state index contributed by atoms with van der Waals surface area (Å²) in [5, 5.41) is 8.09. The molecular weight excluding hydrogens is 597 g/mol. The first kappa shape index (κ1) is 31.1. The summed E-state index contributed by atoms with van der Waals surface area (Å²) >= 11 is 9.11. The standard InChI is InChI=1S/C21H21N3O2S2.C6H7NO2S2.C2H6/c1-2-26-20(25)18-12-27-21(23-18)28-15-10-22-24(11-15)19-16-7-3-5-13(16)9-14-6-4-8-17(14)19;1-2-9-5(8)4-3-11-6(10)7-4;1-2/h9-12H,2-8H2,1H3;3H,2H2,1H3,(H,7,10);1-2H3. The molecule has 8 nitrogen and oxygen atoms in total. The van der Waals surface area contributed by atoms with Crippen LogP contribution in [0.3, 0.4) is 0 Å². The molecule has 0 aliphatic heterocycles. The number of H-pyrrole nitrogens is 1. The van der Waals surface area contributed by atoms with Gasteiger partial charge in [0.05, 0.1) is 30.0 Å². The van der Waals surface area contributed by atoms with Gasteiger partial charge in [0.2, 0.25) is 0 Å². The largest absolute Gasteiger partial charge is 0.461 e. The van der Waals surface area contributed by atoms with Crippen LogP contribution in [-0.4, -0.2) is 44.9 Å². The van der Waals surface area contributed by atoms with Crippen molar-refractivity contribution in [3.8, 4) is 5.69 Å². The monoisotopic (exact) mass is 630 g/mol. The summed E-state index contributed by atoms with van der Waals surface area (Å²) in [6.07, 6.45) is 11.1. The zero-order valence-electron chi connectivity index (χ0n) is 23.7. The highest BCUT2D eigenvalue weighted by atomic mass is 32.2. The molecule has 3 aromatic heterocycles. The molecule has 4 aromatic rings. The molecule has 0 fully saturated rings. The van der Waals surface area contributed by atoms with Crippen LogP contribution >= 0.6 is 46.7 Å². The molecule has 0 saturated carbocycles. The van der Waals surface area contributed by atoms with E-state index in [1.54, 1.807) is 36.4 Å². The number of rotatable bonds is 7. The van der Waals surface area contributed by atoms with Gasteiger partial charge in [0.25, 0.3) is 0 Å². The number of nitrogens with zero attached hydrogens (tertiary/aromatic N) is 3. The molecule has 0 spiro atoms. The van der Waals surface area contributed by atoms with Gasteiger partial charge in [-0.1, -0.05) is 31.7 Å². The topological polar surface area (TPSA) is 99.1 Å². The van der Waals surface area contributed by atoms with Gasteiger partial charge in [0, 0.05) is 17.0 Å². The number of carbonyl (C=O) groups excluding carboxylic acids is 2. The second-order valence-electron chi connectivity index (χ2n) is 8.93.